The van der Waals surface area contributed by atoms with Gasteiger partial charge in [0.1, 0.15) is 12.2 Å². The molecule has 1 saturated carbocycles. The van der Waals surface area contributed by atoms with Crippen molar-refractivity contribution in [3.8, 4) is 0 Å². The van der Waals surface area contributed by atoms with Crippen molar-refractivity contribution < 1.29 is 23.2 Å². The van der Waals surface area contributed by atoms with Crippen molar-refractivity contribution in [2.45, 2.75) is 70.6 Å². The van der Waals surface area contributed by atoms with Crippen LogP contribution < -0.4 is 0 Å². The summed E-state index contributed by atoms with van der Waals surface area (Å²) in [4.78, 5) is 12.1. The fourth-order valence-electron chi connectivity index (χ4n) is 3.24. The maximum Gasteiger partial charge on any atom is 0.309 e. The Balaban J connectivity index is 2.12. The maximum atomic E-state index is 12.1. The first-order valence-corrected chi connectivity index (χ1v) is 8.95. The van der Waals surface area contributed by atoms with Gasteiger partial charge in [-0.1, -0.05) is 13.8 Å². The highest BCUT2D eigenvalue weighted by atomic mass is 32.2. The van der Waals surface area contributed by atoms with Crippen LogP contribution in [0.3, 0.4) is 0 Å². The summed E-state index contributed by atoms with van der Waals surface area (Å²) in [7, 11) is 0. The largest absolute Gasteiger partial charge is 0.466 e. The molecule has 0 amide bonds. The highest BCUT2D eigenvalue weighted by Gasteiger charge is 2.53. The zero-order valence-corrected chi connectivity index (χ0v) is 14.1. The molecule has 1 aliphatic carbocycles. The average molecular weight is 318 g/mol. The number of carbonyl (C=O) groups is 1. The van der Waals surface area contributed by atoms with E-state index in [1.165, 1.54) is 12.0 Å². The second kappa shape index (κ2) is 7.31. The van der Waals surface area contributed by atoms with Gasteiger partial charge < -0.3 is 18.4 Å². The van der Waals surface area contributed by atoms with Crippen LogP contribution in [0.15, 0.2) is 0 Å². The van der Waals surface area contributed by atoms with Crippen LogP contribution in [0.5, 0.6) is 0 Å². The van der Waals surface area contributed by atoms with E-state index in [4.69, 9.17) is 18.4 Å². The SMILES string of the molecule is CCOC(=O)[C@@H]1C[C@@H]2OC(CC)(CC)O[C@@H]2[C@H](OSC)C1. The molecule has 6 heteroatoms. The van der Waals surface area contributed by atoms with Crippen LogP contribution >= 0.6 is 12.0 Å². The first kappa shape index (κ1) is 17.1. The fraction of sp³-hybridized carbons (Fsp3) is 0.933. The lowest BCUT2D eigenvalue weighted by Gasteiger charge is -2.34. The smallest absolute Gasteiger partial charge is 0.309 e. The van der Waals surface area contributed by atoms with E-state index in [-0.39, 0.29) is 30.2 Å². The minimum Gasteiger partial charge on any atom is -0.466 e. The van der Waals surface area contributed by atoms with Gasteiger partial charge in [-0.05, 0) is 44.6 Å². The highest BCUT2D eigenvalue weighted by Crippen LogP contribution is 2.44. The standard InChI is InChI=1S/C15H26O5S/c1-5-15(6-2)18-11-8-10(14(16)17-7-3)9-12(20-21-4)13(11)19-15/h10-13H,5-9H2,1-4H3/t10-,11+,12-,13+/m1/s1. The van der Waals surface area contributed by atoms with E-state index < -0.39 is 5.79 Å². The normalized spacial score (nSPS) is 34.5. The minimum absolute atomic E-state index is 0.0924. The van der Waals surface area contributed by atoms with Crippen LogP contribution in [-0.4, -0.2) is 42.9 Å². The van der Waals surface area contributed by atoms with Gasteiger partial charge in [-0.15, -0.1) is 0 Å². The van der Waals surface area contributed by atoms with E-state index in [0.29, 0.717) is 19.4 Å². The summed E-state index contributed by atoms with van der Waals surface area (Å²) < 4.78 is 23.3. The quantitative estimate of drug-likeness (QED) is 0.554. The average Bonchev–Trinajstić information content (AvgIpc) is 2.87. The molecule has 1 heterocycles. The molecule has 0 aromatic carbocycles. The summed E-state index contributed by atoms with van der Waals surface area (Å²) in [6.07, 6.45) is 4.44. The van der Waals surface area contributed by atoms with Crippen LogP contribution in [0.4, 0.5) is 0 Å². The molecule has 0 unspecified atom stereocenters. The number of carbonyl (C=O) groups excluding carboxylic acids is 1. The van der Waals surface area contributed by atoms with Gasteiger partial charge in [0.25, 0.3) is 0 Å². The Morgan fingerprint density at radius 3 is 2.52 bits per heavy atom. The summed E-state index contributed by atoms with van der Waals surface area (Å²) in [5.74, 6) is -0.852. The lowest BCUT2D eigenvalue weighted by molar-refractivity contribution is -0.183. The fourth-order valence-corrected chi connectivity index (χ4v) is 3.67. The third-order valence-corrected chi connectivity index (χ3v) is 4.84. The molecular weight excluding hydrogens is 292 g/mol. The Kier molecular flexibility index (Phi) is 5.94. The molecule has 2 fully saturated rings. The van der Waals surface area contributed by atoms with Gasteiger partial charge in [0.05, 0.1) is 18.6 Å². The van der Waals surface area contributed by atoms with Gasteiger partial charge in [0.2, 0.25) is 0 Å². The Labute approximate surface area is 131 Å². The van der Waals surface area contributed by atoms with Gasteiger partial charge >= 0.3 is 5.97 Å². The van der Waals surface area contributed by atoms with Crippen molar-refractivity contribution in [1.82, 2.24) is 0 Å². The molecule has 1 aliphatic heterocycles. The monoisotopic (exact) mass is 318 g/mol. The van der Waals surface area contributed by atoms with Crippen molar-refractivity contribution >= 4 is 18.0 Å². The first-order chi connectivity index (χ1) is 10.1. The predicted octanol–water partition coefficient (Wildman–Crippen LogP) is 2.92. The van der Waals surface area contributed by atoms with E-state index in [1.807, 2.05) is 13.2 Å². The molecule has 0 radical (unpaired) electrons. The number of ether oxygens (including phenoxy) is 3. The number of fused-ring (bicyclic) bond motifs is 1. The molecule has 0 bridgehead atoms. The van der Waals surface area contributed by atoms with E-state index in [0.717, 1.165) is 12.8 Å². The summed E-state index contributed by atoms with van der Waals surface area (Å²) in [6, 6.07) is 0. The van der Waals surface area contributed by atoms with Crippen molar-refractivity contribution in [3.05, 3.63) is 0 Å². The van der Waals surface area contributed by atoms with Gasteiger partial charge in [0, 0.05) is 6.26 Å². The summed E-state index contributed by atoms with van der Waals surface area (Å²) >= 11 is 1.31. The molecule has 4 atom stereocenters. The van der Waals surface area contributed by atoms with Crippen LogP contribution in [0.25, 0.3) is 0 Å². The zero-order chi connectivity index (χ0) is 15.5. The lowest BCUT2D eigenvalue weighted by atomic mass is 9.83. The number of hydrogen-bond donors (Lipinski definition) is 0. The summed E-state index contributed by atoms with van der Waals surface area (Å²) in [5, 5.41) is 0. The summed E-state index contributed by atoms with van der Waals surface area (Å²) in [6.45, 7) is 6.36. The van der Waals surface area contributed by atoms with E-state index in [2.05, 4.69) is 13.8 Å². The molecule has 2 rings (SSSR count). The van der Waals surface area contributed by atoms with E-state index in [1.54, 1.807) is 0 Å². The second-order valence-corrected chi connectivity index (χ2v) is 6.10. The first-order valence-electron chi connectivity index (χ1n) is 7.80. The van der Waals surface area contributed by atoms with E-state index in [9.17, 15) is 4.79 Å². The van der Waals surface area contributed by atoms with Crippen molar-refractivity contribution in [3.63, 3.8) is 0 Å². The van der Waals surface area contributed by atoms with Crippen LogP contribution in [-0.2, 0) is 23.2 Å². The molecule has 122 valence electrons. The molecule has 21 heavy (non-hydrogen) atoms. The molecule has 0 spiro atoms. The Morgan fingerprint density at radius 2 is 1.95 bits per heavy atom. The number of rotatable bonds is 6. The number of esters is 1. The van der Waals surface area contributed by atoms with E-state index >= 15 is 0 Å². The van der Waals surface area contributed by atoms with Crippen molar-refractivity contribution in [1.29, 1.82) is 0 Å². The highest BCUT2D eigenvalue weighted by molar-refractivity contribution is 7.93. The molecule has 1 saturated heterocycles. The second-order valence-electron chi connectivity index (χ2n) is 5.58. The molecular formula is C15H26O5S. The minimum atomic E-state index is -0.529. The third-order valence-electron chi connectivity index (χ3n) is 4.40. The Hall–Kier alpha value is -0.300. The van der Waals surface area contributed by atoms with Crippen molar-refractivity contribution in [2.75, 3.05) is 12.9 Å². The molecule has 2 aliphatic rings. The molecule has 0 aromatic heterocycles. The third kappa shape index (κ3) is 3.55. The molecule has 0 aromatic rings. The van der Waals surface area contributed by atoms with Gasteiger partial charge in [-0.25, -0.2) is 0 Å². The van der Waals surface area contributed by atoms with Crippen molar-refractivity contribution in [2.24, 2.45) is 5.92 Å². The zero-order valence-electron chi connectivity index (χ0n) is 13.3. The Morgan fingerprint density at radius 1 is 1.24 bits per heavy atom. The van der Waals surface area contributed by atoms with Gasteiger partial charge in [-0.2, -0.15) is 0 Å². The number of hydrogen-bond acceptors (Lipinski definition) is 6. The van der Waals surface area contributed by atoms with Gasteiger partial charge in [-0.3, -0.25) is 4.79 Å². The van der Waals surface area contributed by atoms with Crippen LogP contribution in [0.2, 0.25) is 0 Å². The Bertz CT molecular complexity index is 358. The summed E-state index contributed by atoms with van der Waals surface area (Å²) in [5.41, 5.74) is 0. The lowest BCUT2D eigenvalue weighted by Crippen LogP contribution is -2.45. The van der Waals surface area contributed by atoms with Crippen LogP contribution in [0.1, 0.15) is 46.5 Å². The molecule has 5 nitrogen and oxygen atoms in total. The van der Waals surface area contributed by atoms with Gasteiger partial charge in [0.15, 0.2) is 5.79 Å². The van der Waals surface area contributed by atoms with Crippen LogP contribution in [0, 0.1) is 5.92 Å². The maximum absolute atomic E-state index is 12.1. The molecule has 0 N–H and O–H groups in total. The topological polar surface area (TPSA) is 54.0 Å². The predicted molar refractivity (Wildman–Crippen MR) is 80.8 cm³/mol.